The number of unbranched alkanes of at least 4 members (excludes halogenated alkanes) is 2. The summed E-state index contributed by atoms with van der Waals surface area (Å²) >= 11 is 1.94. The van der Waals surface area contributed by atoms with Gasteiger partial charge in [-0.25, -0.2) is 4.79 Å². The summed E-state index contributed by atoms with van der Waals surface area (Å²) in [5.41, 5.74) is 0. The van der Waals surface area contributed by atoms with Crippen molar-refractivity contribution in [2.24, 2.45) is 0 Å². The van der Waals surface area contributed by atoms with Crippen molar-refractivity contribution in [3.63, 3.8) is 0 Å². The van der Waals surface area contributed by atoms with Crippen molar-refractivity contribution < 1.29 is 14.7 Å². The van der Waals surface area contributed by atoms with Crippen molar-refractivity contribution in [1.29, 1.82) is 0 Å². The van der Waals surface area contributed by atoms with Crippen LogP contribution in [0.5, 0.6) is 0 Å². The first-order valence-corrected chi connectivity index (χ1v) is 8.20. The summed E-state index contributed by atoms with van der Waals surface area (Å²) in [6.07, 6.45) is 4.40. The molecule has 0 aromatic heterocycles. The highest BCUT2D eigenvalue weighted by atomic mass is 32.2. The molecule has 3 N–H and O–H groups in total. The van der Waals surface area contributed by atoms with Crippen LogP contribution in [-0.2, 0) is 4.79 Å². The molecular formula is C13H23N3O3S. The monoisotopic (exact) mass is 301 g/mol. The zero-order chi connectivity index (χ0) is 14.5. The van der Waals surface area contributed by atoms with Crippen molar-refractivity contribution in [3.8, 4) is 0 Å². The van der Waals surface area contributed by atoms with Gasteiger partial charge in [0.2, 0.25) is 0 Å². The lowest BCUT2D eigenvalue weighted by molar-refractivity contribution is -0.137. The topological polar surface area (TPSA) is 81.7 Å². The minimum atomic E-state index is -0.773. The lowest BCUT2D eigenvalue weighted by Gasteiger charge is -2.17. The number of urea groups is 1. The SMILES string of the molecule is CN(CCCCCC1SCC2NC(=O)NC21)CC(=O)O. The van der Waals surface area contributed by atoms with E-state index in [-0.39, 0.29) is 12.6 Å². The van der Waals surface area contributed by atoms with Crippen LogP contribution in [0.25, 0.3) is 0 Å². The number of aliphatic carboxylic acids is 1. The summed E-state index contributed by atoms with van der Waals surface area (Å²) < 4.78 is 0. The fourth-order valence-corrected chi connectivity index (χ4v) is 4.40. The summed E-state index contributed by atoms with van der Waals surface area (Å²) in [6, 6.07) is 0.571. The summed E-state index contributed by atoms with van der Waals surface area (Å²) in [5, 5.41) is 15.1. The van der Waals surface area contributed by atoms with E-state index in [1.54, 1.807) is 0 Å². The number of hydrogen-bond acceptors (Lipinski definition) is 4. The molecule has 2 fully saturated rings. The standard InChI is InChI=1S/C13H23N3O3S/c1-16(7-11(17)18)6-4-2-3-5-10-12-9(8-20-10)14-13(19)15-12/h9-10,12H,2-8H2,1H3,(H,17,18)(H2,14,15,19). The second kappa shape index (κ2) is 7.17. The summed E-state index contributed by atoms with van der Waals surface area (Å²) in [6.45, 7) is 0.939. The molecule has 0 aliphatic carbocycles. The number of rotatable bonds is 8. The highest BCUT2D eigenvalue weighted by Gasteiger charge is 2.42. The first-order chi connectivity index (χ1) is 9.56. The number of nitrogens with zero attached hydrogens (tertiary/aromatic N) is 1. The van der Waals surface area contributed by atoms with E-state index in [2.05, 4.69) is 10.6 Å². The van der Waals surface area contributed by atoms with Crippen LogP contribution < -0.4 is 10.6 Å². The van der Waals surface area contributed by atoms with E-state index < -0.39 is 5.97 Å². The zero-order valence-electron chi connectivity index (χ0n) is 11.8. The maximum atomic E-state index is 11.3. The molecule has 3 unspecified atom stereocenters. The molecule has 0 radical (unpaired) electrons. The van der Waals surface area contributed by atoms with E-state index in [0.717, 1.165) is 38.0 Å². The van der Waals surface area contributed by atoms with E-state index >= 15 is 0 Å². The van der Waals surface area contributed by atoms with Gasteiger partial charge >= 0.3 is 12.0 Å². The highest BCUT2D eigenvalue weighted by molar-refractivity contribution is 8.00. The molecule has 2 aliphatic rings. The molecule has 114 valence electrons. The second-order valence-corrected chi connectivity index (χ2v) is 6.87. The van der Waals surface area contributed by atoms with Crippen LogP contribution in [0.2, 0.25) is 0 Å². The van der Waals surface area contributed by atoms with Gasteiger partial charge in [-0.05, 0) is 26.4 Å². The Morgan fingerprint density at radius 2 is 2.20 bits per heavy atom. The maximum absolute atomic E-state index is 11.3. The molecule has 2 heterocycles. The van der Waals surface area contributed by atoms with Gasteiger partial charge in [0.15, 0.2) is 0 Å². The van der Waals surface area contributed by atoms with Gasteiger partial charge in [-0.15, -0.1) is 0 Å². The quantitative estimate of drug-likeness (QED) is 0.455. The van der Waals surface area contributed by atoms with Gasteiger partial charge in [-0.2, -0.15) is 11.8 Å². The van der Waals surface area contributed by atoms with Gasteiger partial charge < -0.3 is 15.7 Å². The molecule has 7 heteroatoms. The number of hydrogen-bond donors (Lipinski definition) is 3. The number of nitrogens with one attached hydrogen (secondary N) is 2. The molecule has 3 atom stereocenters. The van der Waals surface area contributed by atoms with Crippen LogP contribution in [0, 0.1) is 0 Å². The van der Waals surface area contributed by atoms with Gasteiger partial charge in [0.05, 0.1) is 18.6 Å². The number of thioether (sulfide) groups is 1. The molecule has 6 nitrogen and oxygen atoms in total. The molecule has 20 heavy (non-hydrogen) atoms. The van der Waals surface area contributed by atoms with Crippen LogP contribution >= 0.6 is 11.8 Å². The predicted octanol–water partition coefficient (Wildman–Crippen LogP) is 0.729. The third kappa shape index (κ3) is 4.28. The number of carbonyl (C=O) groups excluding carboxylic acids is 1. The minimum absolute atomic E-state index is 0.0272. The first kappa shape index (κ1) is 15.4. The van der Waals surface area contributed by atoms with E-state index in [1.807, 2.05) is 23.7 Å². The number of carbonyl (C=O) groups is 2. The Morgan fingerprint density at radius 1 is 1.40 bits per heavy atom. The molecule has 2 rings (SSSR count). The lowest BCUT2D eigenvalue weighted by atomic mass is 10.0. The largest absolute Gasteiger partial charge is 0.480 e. The van der Waals surface area contributed by atoms with Gasteiger partial charge in [-0.3, -0.25) is 9.69 Å². The average Bonchev–Trinajstić information content (AvgIpc) is 2.88. The van der Waals surface area contributed by atoms with Crippen LogP contribution in [-0.4, -0.2) is 65.2 Å². The third-order valence-corrected chi connectivity index (χ3v) is 5.38. The summed E-state index contributed by atoms with van der Waals surface area (Å²) in [7, 11) is 1.84. The summed E-state index contributed by atoms with van der Waals surface area (Å²) in [4.78, 5) is 23.6. The molecular weight excluding hydrogens is 278 g/mol. The Bertz CT molecular complexity index is 367. The van der Waals surface area contributed by atoms with E-state index in [1.165, 1.54) is 0 Å². The van der Waals surface area contributed by atoms with Crippen LogP contribution in [0.3, 0.4) is 0 Å². The van der Waals surface area contributed by atoms with Gasteiger partial charge in [0, 0.05) is 11.0 Å². The van der Waals surface area contributed by atoms with E-state index in [4.69, 9.17) is 5.11 Å². The number of amides is 2. The Morgan fingerprint density at radius 3 is 2.95 bits per heavy atom. The molecule has 2 amide bonds. The van der Waals surface area contributed by atoms with Gasteiger partial charge in [0.25, 0.3) is 0 Å². The normalized spacial score (nSPS) is 28.3. The van der Waals surface area contributed by atoms with Crippen molar-refractivity contribution in [1.82, 2.24) is 15.5 Å². The van der Waals surface area contributed by atoms with Crippen LogP contribution in [0.15, 0.2) is 0 Å². The number of carboxylic acid groups (broad SMARTS) is 1. The Hall–Kier alpha value is -0.950. The maximum Gasteiger partial charge on any atom is 0.317 e. The molecule has 0 aromatic carbocycles. The third-order valence-electron chi connectivity index (χ3n) is 3.87. The van der Waals surface area contributed by atoms with Crippen LogP contribution in [0.4, 0.5) is 4.79 Å². The van der Waals surface area contributed by atoms with Crippen molar-refractivity contribution in [2.75, 3.05) is 25.9 Å². The fraction of sp³-hybridized carbons (Fsp3) is 0.846. The Kier molecular flexibility index (Phi) is 5.54. The molecule has 0 saturated carbocycles. The molecule has 2 saturated heterocycles. The lowest BCUT2D eigenvalue weighted by Crippen LogP contribution is -2.36. The van der Waals surface area contributed by atoms with Gasteiger partial charge in [0.1, 0.15) is 0 Å². The zero-order valence-corrected chi connectivity index (χ0v) is 12.6. The van der Waals surface area contributed by atoms with E-state index in [0.29, 0.717) is 17.3 Å². The highest BCUT2D eigenvalue weighted by Crippen LogP contribution is 2.33. The Balaban J connectivity index is 1.55. The fourth-order valence-electron chi connectivity index (χ4n) is 2.86. The smallest absolute Gasteiger partial charge is 0.317 e. The summed E-state index contributed by atoms with van der Waals surface area (Å²) in [5.74, 6) is 0.237. The first-order valence-electron chi connectivity index (χ1n) is 7.15. The van der Waals surface area contributed by atoms with Crippen molar-refractivity contribution in [3.05, 3.63) is 0 Å². The molecule has 0 bridgehead atoms. The number of fused-ring (bicyclic) bond motifs is 1. The van der Waals surface area contributed by atoms with Gasteiger partial charge in [-0.1, -0.05) is 12.8 Å². The van der Waals surface area contributed by atoms with Crippen molar-refractivity contribution in [2.45, 2.75) is 43.0 Å². The number of carboxylic acids is 1. The van der Waals surface area contributed by atoms with Crippen molar-refractivity contribution >= 4 is 23.8 Å². The molecule has 0 spiro atoms. The minimum Gasteiger partial charge on any atom is -0.480 e. The second-order valence-electron chi connectivity index (χ2n) is 5.60. The average molecular weight is 301 g/mol. The van der Waals surface area contributed by atoms with Crippen LogP contribution in [0.1, 0.15) is 25.7 Å². The van der Waals surface area contributed by atoms with E-state index in [9.17, 15) is 9.59 Å². The Labute approximate surface area is 123 Å². The molecule has 2 aliphatic heterocycles. The predicted molar refractivity (Wildman–Crippen MR) is 79.1 cm³/mol. The molecule has 0 aromatic rings. The number of likely N-dealkylation sites (N-methyl/N-ethyl adjacent to an activating group) is 1.